The lowest BCUT2D eigenvalue weighted by atomic mass is 10.1. The quantitative estimate of drug-likeness (QED) is 0.757. The summed E-state index contributed by atoms with van der Waals surface area (Å²) in [5.74, 6) is -0.181. The average molecular weight is 321 g/mol. The van der Waals surface area contributed by atoms with E-state index in [1.807, 2.05) is 36.6 Å². The maximum atomic E-state index is 12.0. The van der Waals surface area contributed by atoms with E-state index in [9.17, 15) is 4.79 Å². The minimum atomic E-state index is -0.525. The minimum Gasteiger partial charge on any atom is -0.379 e. The predicted molar refractivity (Wildman–Crippen MR) is 85.9 cm³/mol. The second-order valence-corrected chi connectivity index (χ2v) is 5.18. The van der Waals surface area contributed by atoms with Crippen molar-refractivity contribution < 1.29 is 14.3 Å². The Hall–Kier alpha value is -1.83. The summed E-state index contributed by atoms with van der Waals surface area (Å²) in [6, 6.07) is 7.46. The zero-order valence-electron chi connectivity index (χ0n) is 12.6. The highest BCUT2D eigenvalue weighted by molar-refractivity contribution is 7.03. The van der Waals surface area contributed by atoms with Gasteiger partial charge in [-0.05, 0) is 37.5 Å². The second kappa shape index (κ2) is 8.57. The fourth-order valence-electron chi connectivity index (χ4n) is 1.76. The topological polar surface area (TPSA) is 73.3 Å². The molecular weight excluding hydrogens is 302 g/mol. The molecule has 118 valence electrons. The maximum absolute atomic E-state index is 12.0. The van der Waals surface area contributed by atoms with Crippen LogP contribution in [0.4, 0.5) is 5.69 Å². The van der Waals surface area contributed by atoms with Crippen molar-refractivity contribution in [2.45, 2.75) is 20.0 Å². The largest absolute Gasteiger partial charge is 0.379 e. The van der Waals surface area contributed by atoms with E-state index >= 15 is 0 Å². The molecule has 1 heterocycles. The highest BCUT2D eigenvalue weighted by atomic mass is 32.1. The first-order chi connectivity index (χ1) is 10.7. The third-order valence-corrected chi connectivity index (χ3v) is 3.48. The molecule has 1 amide bonds. The summed E-state index contributed by atoms with van der Waals surface area (Å²) in [5.41, 5.74) is 2.51. The molecule has 0 spiro atoms. The first kappa shape index (κ1) is 16.5. The summed E-state index contributed by atoms with van der Waals surface area (Å²) in [4.78, 5) is 12.0. The Labute approximate surface area is 133 Å². The number of carbonyl (C=O) groups is 1. The fraction of sp³-hybridized carbons (Fsp3) is 0.400. The molecule has 0 radical (unpaired) electrons. The van der Waals surface area contributed by atoms with E-state index in [-0.39, 0.29) is 5.91 Å². The summed E-state index contributed by atoms with van der Waals surface area (Å²) < 4.78 is 14.4. The van der Waals surface area contributed by atoms with Gasteiger partial charge in [-0.25, -0.2) is 0 Å². The molecule has 0 bridgehead atoms. The SMILES string of the molecule is CCOCCO[C@H](C)C(=O)Nc1ccc(-c2csnn2)cc1. The third-order valence-electron chi connectivity index (χ3n) is 2.98. The van der Waals surface area contributed by atoms with E-state index < -0.39 is 6.10 Å². The average Bonchev–Trinajstić information content (AvgIpc) is 3.06. The normalized spacial score (nSPS) is 12.1. The van der Waals surface area contributed by atoms with Crippen molar-refractivity contribution in [1.82, 2.24) is 9.59 Å². The summed E-state index contributed by atoms with van der Waals surface area (Å²) in [6.45, 7) is 5.17. The predicted octanol–water partition coefficient (Wildman–Crippen LogP) is 2.59. The number of nitrogens with zero attached hydrogens (tertiary/aromatic N) is 2. The zero-order valence-corrected chi connectivity index (χ0v) is 13.4. The lowest BCUT2D eigenvalue weighted by Gasteiger charge is -2.13. The number of hydrogen-bond acceptors (Lipinski definition) is 6. The number of hydrogen-bond donors (Lipinski definition) is 1. The third kappa shape index (κ3) is 4.87. The number of benzene rings is 1. The maximum Gasteiger partial charge on any atom is 0.253 e. The molecule has 1 aromatic heterocycles. The van der Waals surface area contributed by atoms with Crippen LogP contribution in [0.1, 0.15) is 13.8 Å². The van der Waals surface area contributed by atoms with Gasteiger partial charge in [-0.3, -0.25) is 4.79 Å². The van der Waals surface area contributed by atoms with Crippen molar-refractivity contribution in [3.05, 3.63) is 29.6 Å². The van der Waals surface area contributed by atoms with Crippen molar-refractivity contribution in [2.75, 3.05) is 25.1 Å². The van der Waals surface area contributed by atoms with Crippen molar-refractivity contribution in [3.63, 3.8) is 0 Å². The standard InChI is InChI=1S/C15H19N3O3S/c1-3-20-8-9-21-11(2)15(19)16-13-6-4-12(5-7-13)14-10-22-18-17-14/h4-7,10-11H,3,8-9H2,1-2H3,(H,16,19)/t11-/m1/s1. The molecule has 6 nitrogen and oxygen atoms in total. The van der Waals surface area contributed by atoms with Gasteiger partial charge in [0.2, 0.25) is 0 Å². The van der Waals surface area contributed by atoms with Crippen LogP contribution in [-0.2, 0) is 14.3 Å². The van der Waals surface area contributed by atoms with E-state index in [0.717, 1.165) is 16.9 Å². The Balaban J connectivity index is 1.83. The van der Waals surface area contributed by atoms with Crippen LogP contribution >= 0.6 is 11.5 Å². The van der Waals surface area contributed by atoms with Crippen LogP contribution in [0.15, 0.2) is 29.6 Å². The number of ether oxygens (including phenoxy) is 2. The van der Waals surface area contributed by atoms with Gasteiger partial charge >= 0.3 is 0 Å². The van der Waals surface area contributed by atoms with Gasteiger partial charge in [-0.15, -0.1) is 5.10 Å². The van der Waals surface area contributed by atoms with Gasteiger partial charge in [0.1, 0.15) is 11.8 Å². The Morgan fingerprint density at radius 2 is 2.09 bits per heavy atom. The Morgan fingerprint density at radius 3 is 2.73 bits per heavy atom. The van der Waals surface area contributed by atoms with E-state index in [0.29, 0.717) is 19.8 Å². The molecule has 0 saturated heterocycles. The van der Waals surface area contributed by atoms with Gasteiger partial charge < -0.3 is 14.8 Å². The summed E-state index contributed by atoms with van der Waals surface area (Å²) in [6.07, 6.45) is -0.525. The molecular formula is C15H19N3O3S. The monoisotopic (exact) mass is 321 g/mol. The molecule has 2 rings (SSSR count). The number of amides is 1. The van der Waals surface area contributed by atoms with Crippen LogP contribution in [0.2, 0.25) is 0 Å². The van der Waals surface area contributed by atoms with E-state index in [2.05, 4.69) is 14.9 Å². The van der Waals surface area contributed by atoms with Crippen molar-refractivity contribution in [1.29, 1.82) is 0 Å². The molecule has 2 aromatic rings. The van der Waals surface area contributed by atoms with Gasteiger partial charge in [-0.1, -0.05) is 16.6 Å². The lowest BCUT2D eigenvalue weighted by Crippen LogP contribution is -2.28. The molecule has 0 aliphatic carbocycles. The van der Waals surface area contributed by atoms with Crippen LogP contribution in [-0.4, -0.2) is 41.4 Å². The molecule has 1 N–H and O–H groups in total. The van der Waals surface area contributed by atoms with Crippen molar-refractivity contribution >= 4 is 23.1 Å². The van der Waals surface area contributed by atoms with Crippen LogP contribution in [0, 0.1) is 0 Å². The van der Waals surface area contributed by atoms with Crippen LogP contribution < -0.4 is 5.32 Å². The summed E-state index contributed by atoms with van der Waals surface area (Å²) in [7, 11) is 0. The molecule has 1 atom stereocenters. The first-order valence-electron chi connectivity index (χ1n) is 7.08. The second-order valence-electron chi connectivity index (χ2n) is 4.57. The minimum absolute atomic E-state index is 0.181. The van der Waals surface area contributed by atoms with Crippen LogP contribution in [0.25, 0.3) is 11.3 Å². The fourth-order valence-corrected chi connectivity index (χ4v) is 2.23. The molecule has 0 unspecified atom stereocenters. The number of anilines is 1. The van der Waals surface area contributed by atoms with Gasteiger partial charge in [0.05, 0.1) is 13.2 Å². The number of aromatic nitrogens is 2. The summed E-state index contributed by atoms with van der Waals surface area (Å²) in [5, 5.41) is 8.70. The molecule has 0 fully saturated rings. The van der Waals surface area contributed by atoms with Gasteiger partial charge in [0.25, 0.3) is 5.91 Å². The van der Waals surface area contributed by atoms with E-state index in [4.69, 9.17) is 9.47 Å². The molecule has 22 heavy (non-hydrogen) atoms. The number of rotatable bonds is 8. The molecule has 0 aliphatic heterocycles. The van der Waals surface area contributed by atoms with Crippen molar-refractivity contribution in [3.8, 4) is 11.3 Å². The highest BCUT2D eigenvalue weighted by Crippen LogP contribution is 2.20. The summed E-state index contributed by atoms with van der Waals surface area (Å²) >= 11 is 1.31. The zero-order chi connectivity index (χ0) is 15.8. The van der Waals surface area contributed by atoms with Crippen molar-refractivity contribution in [2.24, 2.45) is 0 Å². The Bertz CT molecular complexity index is 572. The van der Waals surface area contributed by atoms with E-state index in [1.54, 1.807) is 6.92 Å². The van der Waals surface area contributed by atoms with Gasteiger partial charge in [0, 0.05) is 23.2 Å². The molecule has 1 aromatic carbocycles. The Morgan fingerprint density at radius 1 is 1.32 bits per heavy atom. The van der Waals surface area contributed by atoms with Crippen LogP contribution in [0.3, 0.4) is 0 Å². The van der Waals surface area contributed by atoms with Gasteiger partial charge in [-0.2, -0.15) is 0 Å². The van der Waals surface area contributed by atoms with E-state index in [1.165, 1.54) is 11.5 Å². The number of carbonyl (C=O) groups excluding carboxylic acids is 1. The number of nitrogens with one attached hydrogen (secondary N) is 1. The smallest absolute Gasteiger partial charge is 0.253 e. The highest BCUT2D eigenvalue weighted by Gasteiger charge is 2.13. The molecule has 7 heteroatoms. The Kier molecular flexibility index (Phi) is 6.45. The van der Waals surface area contributed by atoms with Gasteiger partial charge in [0.15, 0.2) is 0 Å². The first-order valence-corrected chi connectivity index (χ1v) is 7.92. The lowest BCUT2D eigenvalue weighted by molar-refractivity contribution is -0.127. The van der Waals surface area contributed by atoms with Crippen LogP contribution in [0.5, 0.6) is 0 Å². The molecule has 0 saturated carbocycles. The molecule has 0 aliphatic rings.